The fourth-order valence-corrected chi connectivity index (χ4v) is 2.67. The summed E-state index contributed by atoms with van der Waals surface area (Å²) < 4.78 is 10.3. The van der Waals surface area contributed by atoms with Gasteiger partial charge in [-0.2, -0.15) is 10.5 Å². The second-order valence-corrected chi connectivity index (χ2v) is 4.83. The standard InChI is InChI=1S/C15H13N3O4/c1-21-10-5-3-4-8(13(10)22-2)12(19)11-9(6-16)15(11,7-17)14(18)20/h3-5,9,11H,1-2H3,(H2,18,20)/t9-,11-,15-/m1/s1. The van der Waals surface area contributed by atoms with Crippen LogP contribution in [0.15, 0.2) is 18.2 Å². The maximum Gasteiger partial charge on any atom is 0.240 e. The number of nitrogens with zero attached hydrogens (tertiary/aromatic N) is 2. The number of carbonyl (C=O) groups excluding carboxylic acids is 2. The third-order valence-electron chi connectivity index (χ3n) is 3.89. The Morgan fingerprint density at radius 1 is 1.27 bits per heavy atom. The highest BCUT2D eigenvalue weighted by atomic mass is 16.5. The largest absolute Gasteiger partial charge is 0.493 e. The molecule has 7 nitrogen and oxygen atoms in total. The Balaban J connectivity index is 2.49. The summed E-state index contributed by atoms with van der Waals surface area (Å²) in [6.45, 7) is 0. The Bertz CT molecular complexity index is 731. The minimum atomic E-state index is -1.78. The highest BCUT2D eigenvalue weighted by Gasteiger charge is 2.74. The number of rotatable bonds is 5. The minimum absolute atomic E-state index is 0.144. The number of nitriles is 2. The number of ether oxygens (including phenoxy) is 2. The molecule has 2 N–H and O–H groups in total. The number of Topliss-reactive ketones (excluding diaryl/α,β-unsaturated/α-hetero) is 1. The number of para-hydroxylation sites is 1. The van der Waals surface area contributed by atoms with Crippen molar-refractivity contribution in [1.82, 2.24) is 0 Å². The molecule has 0 saturated heterocycles. The van der Waals surface area contributed by atoms with Crippen LogP contribution in [0.5, 0.6) is 11.5 Å². The van der Waals surface area contributed by atoms with Crippen molar-refractivity contribution in [3.8, 4) is 23.6 Å². The lowest BCUT2D eigenvalue weighted by molar-refractivity contribution is -0.121. The van der Waals surface area contributed by atoms with E-state index in [1.165, 1.54) is 20.3 Å². The number of methoxy groups -OCH3 is 2. The molecule has 1 aliphatic rings. The van der Waals surface area contributed by atoms with Crippen molar-refractivity contribution in [2.75, 3.05) is 14.2 Å². The first-order valence-corrected chi connectivity index (χ1v) is 6.35. The summed E-state index contributed by atoms with van der Waals surface area (Å²) in [5, 5.41) is 18.3. The number of carbonyl (C=O) groups is 2. The van der Waals surface area contributed by atoms with Gasteiger partial charge in [-0.3, -0.25) is 9.59 Å². The van der Waals surface area contributed by atoms with E-state index in [4.69, 9.17) is 20.5 Å². The van der Waals surface area contributed by atoms with Crippen LogP contribution in [0.1, 0.15) is 10.4 Å². The van der Waals surface area contributed by atoms with Gasteiger partial charge in [0.2, 0.25) is 5.91 Å². The van der Waals surface area contributed by atoms with E-state index in [0.717, 1.165) is 0 Å². The molecule has 0 aromatic heterocycles. The van der Waals surface area contributed by atoms with E-state index in [-0.39, 0.29) is 11.3 Å². The van der Waals surface area contributed by atoms with Crippen LogP contribution in [-0.2, 0) is 4.79 Å². The van der Waals surface area contributed by atoms with Gasteiger partial charge in [-0.05, 0) is 12.1 Å². The van der Waals surface area contributed by atoms with Crippen molar-refractivity contribution < 1.29 is 19.1 Å². The van der Waals surface area contributed by atoms with Crippen molar-refractivity contribution >= 4 is 11.7 Å². The summed E-state index contributed by atoms with van der Waals surface area (Å²) in [6, 6.07) is 8.22. The third-order valence-corrected chi connectivity index (χ3v) is 3.89. The number of nitrogens with two attached hydrogens (primary N) is 1. The number of benzene rings is 1. The Hall–Kier alpha value is -3.06. The van der Waals surface area contributed by atoms with Gasteiger partial charge in [-0.25, -0.2) is 0 Å². The second-order valence-electron chi connectivity index (χ2n) is 4.83. The van der Waals surface area contributed by atoms with Gasteiger partial charge in [0.15, 0.2) is 22.7 Å². The molecule has 0 heterocycles. The molecule has 1 amide bonds. The molecule has 0 aliphatic heterocycles. The Morgan fingerprint density at radius 2 is 1.95 bits per heavy atom. The molecule has 3 atom stereocenters. The quantitative estimate of drug-likeness (QED) is 0.795. The van der Waals surface area contributed by atoms with E-state index < -0.39 is 28.9 Å². The Morgan fingerprint density at radius 3 is 2.36 bits per heavy atom. The predicted molar refractivity (Wildman–Crippen MR) is 73.7 cm³/mol. The molecule has 0 unspecified atom stereocenters. The van der Waals surface area contributed by atoms with Crippen LogP contribution in [0.25, 0.3) is 0 Å². The zero-order chi connectivity index (χ0) is 16.5. The molecule has 0 bridgehead atoms. The first-order valence-electron chi connectivity index (χ1n) is 6.35. The smallest absolute Gasteiger partial charge is 0.240 e. The number of amides is 1. The van der Waals surface area contributed by atoms with Gasteiger partial charge >= 0.3 is 0 Å². The zero-order valence-corrected chi connectivity index (χ0v) is 12.0. The van der Waals surface area contributed by atoms with E-state index in [9.17, 15) is 14.9 Å². The molecule has 1 fully saturated rings. The predicted octanol–water partition coefficient (Wildman–Crippen LogP) is 0.651. The van der Waals surface area contributed by atoms with Gasteiger partial charge in [-0.1, -0.05) is 6.07 Å². The van der Waals surface area contributed by atoms with Crippen LogP contribution in [-0.4, -0.2) is 25.9 Å². The second kappa shape index (κ2) is 5.38. The van der Waals surface area contributed by atoms with Crippen LogP contribution in [0.4, 0.5) is 0 Å². The summed E-state index contributed by atoms with van der Waals surface area (Å²) in [5.74, 6) is -3.14. The summed E-state index contributed by atoms with van der Waals surface area (Å²) in [4.78, 5) is 24.2. The van der Waals surface area contributed by atoms with Gasteiger partial charge in [0.05, 0.1) is 43.8 Å². The van der Waals surface area contributed by atoms with Gasteiger partial charge in [0.25, 0.3) is 0 Å². The lowest BCUT2D eigenvalue weighted by Gasteiger charge is -2.12. The Kier molecular flexibility index (Phi) is 3.75. The van der Waals surface area contributed by atoms with Crippen molar-refractivity contribution in [2.24, 2.45) is 23.0 Å². The average molecular weight is 299 g/mol. The molecule has 7 heteroatoms. The molecule has 1 saturated carbocycles. The molecule has 1 aliphatic carbocycles. The maximum absolute atomic E-state index is 12.7. The van der Waals surface area contributed by atoms with Crippen molar-refractivity contribution in [3.05, 3.63) is 23.8 Å². The van der Waals surface area contributed by atoms with E-state index in [2.05, 4.69) is 0 Å². The zero-order valence-electron chi connectivity index (χ0n) is 12.0. The van der Waals surface area contributed by atoms with Gasteiger partial charge in [0, 0.05) is 0 Å². The number of hydrogen-bond donors (Lipinski definition) is 1. The third kappa shape index (κ3) is 1.87. The van der Waals surface area contributed by atoms with Crippen molar-refractivity contribution in [3.63, 3.8) is 0 Å². The molecule has 22 heavy (non-hydrogen) atoms. The molecule has 1 aromatic rings. The monoisotopic (exact) mass is 299 g/mol. The van der Waals surface area contributed by atoms with Gasteiger partial charge < -0.3 is 15.2 Å². The summed E-state index contributed by atoms with van der Waals surface area (Å²) in [6.07, 6.45) is 0. The number of hydrogen-bond acceptors (Lipinski definition) is 6. The number of ketones is 1. The fraction of sp³-hybridized carbons (Fsp3) is 0.333. The first kappa shape index (κ1) is 15.3. The highest BCUT2D eigenvalue weighted by molar-refractivity contribution is 6.09. The molecular weight excluding hydrogens is 286 g/mol. The Labute approximate surface area is 126 Å². The maximum atomic E-state index is 12.7. The molecule has 0 radical (unpaired) electrons. The summed E-state index contributed by atoms with van der Waals surface area (Å²) >= 11 is 0. The first-order chi connectivity index (χ1) is 10.5. The molecule has 2 rings (SSSR count). The van der Waals surface area contributed by atoms with E-state index >= 15 is 0 Å². The van der Waals surface area contributed by atoms with E-state index in [1.807, 2.05) is 6.07 Å². The average Bonchev–Trinajstić information content (AvgIpc) is 3.22. The molecule has 1 aromatic carbocycles. The topological polar surface area (TPSA) is 126 Å². The van der Waals surface area contributed by atoms with Gasteiger partial charge in [0.1, 0.15) is 0 Å². The number of primary amides is 1. The van der Waals surface area contributed by atoms with Crippen molar-refractivity contribution in [1.29, 1.82) is 10.5 Å². The van der Waals surface area contributed by atoms with E-state index in [0.29, 0.717) is 5.75 Å². The molecule has 0 spiro atoms. The highest BCUT2D eigenvalue weighted by Crippen LogP contribution is 2.59. The lowest BCUT2D eigenvalue weighted by Crippen LogP contribution is -2.28. The normalized spacial score (nSPS) is 25.5. The van der Waals surface area contributed by atoms with Crippen LogP contribution >= 0.6 is 0 Å². The van der Waals surface area contributed by atoms with Crippen molar-refractivity contribution in [2.45, 2.75) is 0 Å². The molecular formula is C15H13N3O4. The minimum Gasteiger partial charge on any atom is -0.493 e. The fourth-order valence-electron chi connectivity index (χ4n) is 2.67. The van der Waals surface area contributed by atoms with Crippen LogP contribution in [0, 0.1) is 39.9 Å². The van der Waals surface area contributed by atoms with E-state index in [1.54, 1.807) is 18.2 Å². The van der Waals surface area contributed by atoms with Gasteiger partial charge in [-0.15, -0.1) is 0 Å². The summed E-state index contributed by atoms with van der Waals surface area (Å²) in [5.41, 5.74) is 3.59. The SMILES string of the molecule is COc1cccc(C(=O)[C@H]2[C@@H](C#N)[C@@]2(C#N)C(N)=O)c1OC. The van der Waals surface area contributed by atoms with Crippen LogP contribution in [0.2, 0.25) is 0 Å². The lowest BCUT2D eigenvalue weighted by atomic mass is 9.98. The molecule has 112 valence electrons. The van der Waals surface area contributed by atoms with Crippen LogP contribution < -0.4 is 15.2 Å². The summed E-state index contributed by atoms with van der Waals surface area (Å²) in [7, 11) is 2.79. The van der Waals surface area contributed by atoms with Crippen LogP contribution in [0.3, 0.4) is 0 Å².